The predicted molar refractivity (Wildman–Crippen MR) is 82.5 cm³/mol. The van der Waals surface area contributed by atoms with Crippen LogP contribution in [0.5, 0.6) is 5.75 Å². The third-order valence-electron chi connectivity index (χ3n) is 4.55. The Labute approximate surface area is 135 Å². The van der Waals surface area contributed by atoms with Crippen LogP contribution in [0.2, 0.25) is 0 Å². The van der Waals surface area contributed by atoms with Gasteiger partial charge in [0.1, 0.15) is 11.4 Å². The largest absolute Gasteiger partial charge is 0.494 e. The van der Waals surface area contributed by atoms with Crippen LogP contribution in [0.25, 0.3) is 0 Å². The minimum absolute atomic E-state index is 0.0340. The molecule has 1 amide bonds. The van der Waals surface area contributed by atoms with Crippen LogP contribution in [0, 0.1) is 17.0 Å². The van der Waals surface area contributed by atoms with Crippen molar-refractivity contribution in [3.05, 3.63) is 29.3 Å². The van der Waals surface area contributed by atoms with Crippen LogP contribution in [0.1, 0.15) is 43.0 Å². The lowest BCUT2D eigenvalue weighted by Crippen LogP contribution is -2.48. The molecule has 4 nitrogen and oxygen atoms in total. The van der Waals surface area contributed by atoms with E-state index in [1.165, 1.54) is 12.0 Å². The number of piperidine rings is 1. The Morgan fingerprint density at radius 1 is 1.43 bits per heavy atom. The molecule has 0 aromatic heterocycles. The lowest BCUT2D eigenvalue weighted by atomic mass is 9.77. The van der Waals surface area contributed by atoms with E-state index < -0.39 is 23.1 Å². The SMILES string of the molecule is CCCC1(CO)CCCN(C(=O)c2c(F)ccc(OC)c2F)C1. The van der Waals surface area contributed by atoms with Crippen LogP contribution in [0.15, 0.2) is 12.1 Å². The fraction of sp³-hybridized carbons (Fsp3) is 0.588. The van der Waals surface area contributed by atoms with E-state index in [0.29, 0.717) is 19.5 Å². The maximum absolute atomic E-state index is 14.3. The summed E-state index contributed by atoms with van der Waals surface area (Å²) in [6, 6.07) is 2.19. The van der Waals surface area contributed by atoms with E-state index in [0.717, 1.165) is 31.4 Å². The highest BCUT2D eigenvalue weighted by Gasteiger charge is 2.37. The van der Waals surface area contributed by atoms with Gasteiger partial charge >= 0.3 is 0 Å². The normalized spacial score (nSPS) is 21.3. The summed E-state index contributed by atoms with van der Waals surface area (Å²) < 4.78 is 33.1. The third-order valence-corrected chi connectivity index (χ3v) is 4.55. The molecule has 1 aromatic carbocycles. The molecular formula is C17H23F2NO3. The highest BCUT2D eigenvalue weighted by atomic mass is 19.1. The number of rotatable bonds is 5. The number of nitrogens with zero attached hydrogens (tertiary/aromatic N) is 1. The van der Waals surface area contributed by atoms with E-state index in [9.17, 15) is 18.7 Å². The number of aliphatic hydroxyl groups is 1. The number of aliphatic hydroxyl groups excluding tert-OH is 1. The topological polar surface area (TPSA) is 49.8 Å². The number of carbonyl (C=O) groups is 1. The molecule has 6 heteroatoms. The van der Waals surface area contributed by atoms with Crippen LogP contribution < -0.4 is 4.74 Å². The molecule has 0 aliphatic carbocycles. The van der Waals surface area contributed by atoms with Crippen LogP contribution in [-0.2, 0) is 0 Å². The number of ether oxygens (including phenoxy) is 1. The van der Waals surface area contributed by atoms with Crippen molar-refractivity contribution in [2.45, 2.75) is 32.6 Å². The number of likely N-dealkylation sites (tertiary alicyclic amines) is 1. The summed E-state index contributed by atoms with van der Waals surface area (Å²) in [5.74, 6) is -2.72. The van der Waals surface area contributed by atoms with Crippen molar-refractivity contribution >= 4 is 5.91 Å². The second kappa shape index (κ2) is 7.25. The van der Waals surface area contributed by atoms with Gasteiger partial charge in [0.05, 0.1) is 13.7 Å². The molecule has 0 spiro atoms. The first-order chi connectivity index (χ1) is 11.0. The summed E-state index contributed by atoms with van der Waals surface area (Å²) in [7, 11) is 1.27. The summed E-state index contributed by atoms with van der Waals surface area (Å²) in [6.45, 7) is 2.72. The van der Waals surface area contributed by atoms with Gasteiger partial charge in [0.25, 0.3) is 5.91 Å². The van der Waals surface area contributed by atoms with Crippen molar-refractivity contribution in [1.82, 2.24) is 4.90 Å². The van der Waals surface area contributed by atoms with Crippen molar-refractivity contribution in [3.8, 4) is 5.75 Å². The van der Waals surface area contributed by atoms with Gasteiger partial charge < -0.3 is 14.7 Å². The van der Waals surface area contributed by atoms with Crippen molar-refractivity contribution in [2.75, 3.05) is 26.8 Å². The van der Waals surface area contributed by atoms with Gasteiger partial charge in [0.15, 0.2) is 11.6 Å². The van der Waals surface area contributed by atoms with Gasteiger partial charge in [-0.15, -0.1) is 0 Å². The lowest BCUT2D eigenvalue weighted by Gasteiger charge is -2.42. The molecule has 1 heterocycles. The number of methoxy groups -OCH3 is 1. The molecule has 1 aromatic rings. The summed E-state index contributed by atoms with van der Waals surface area (Å²) in [5.41, 5.74) is -0.969. The van der Waals surface area contributed by atoms with Gasteiger partial charge in [-0.05, 0) is 31.4 Å². The Balaban J connectivity index is 2.30. The van der Waals surface area contributed by atoms with Gasteiger partial charge in [-0.25, -0.2) is 8.78 Å². The van der Waals surface area contributed by atoms with E-state index in [1.54, 1.807) is 0 Å². The van der Waals surface area contributed by atoms with Crippen molar-refractivity contribution in [2.24, 2.45) is 5.41 Å². The smallest absolute Gasteiger partial charge is 0.259 e. The number of carbonyl (C=O) groups excluding carboxylic acids is 1. The van der Waals surface area contributed by atoms with Gasteiger partial charge in [-0.3, -0.25) is 4.79 Å². The average molecular weight is 327 g/mol. The first-order valence-electron chi connectivity index (χ1n) is 7.90. The number of hydrogen-bond donors (Lipinski definition) is 1. The number of halogens is 2. The van der Waals surface area contributed by atoms with Crippen LogP contribution in [0.4, 0.5) is 8.78 Å². The quantitative estimate of drug-likeness (QED) is 0.904. The first-order valence-corrected chi connectivity index (χ1v) is 7.90. The Morgan fingerprint density at radius 2 is 2.17 bits per heavy atom. The molecule has 1 N–H and O–H groups in total. The molecule has 1 atom stereocenters. The van der Waals surface area contributed by atoms with Gasteiger partial charge in [0, 0.05) is 18.5 Å². The number of benzene rings is 1. The Morgan fingerprint density at radius 3 is 2.78 bits per heavy atom. The summed E-state index contributed by atoms with van der Waals surface area (Å²) in [4.78, 5) is 14.1. The monoisotopic (exact) mass is 327 g/mol. The zero-order chi connectivity index (χ0) is 17.0. The molecule has 23 heavy (non-hydrogen) atoms. The molecule has 1 aliphatic heterocycles. The third kappa shape index (κ3) is 3.47. The summed E-state index contributed by atoms with van der Waals surface area (Å²) >= 11 is 0. The summed E-state index contributed by atoms with van der Waals surface area (Å²) in [5, 5.41) is 9.73. The van der Waals surface area contributed by atoms with Crippen LogP contribution >= 0.6 is 0 Å². The fourth-order valence-corrected chi connectivity index (χ4v) is 3.37. The van der Waals surface area contributed by atoms with E-state index >= 15 is 0 Å². The maximum Gasteiger partial charge on any atom is 0.259 e. The molecule has 0 bridgehead atoms. The van der Waals surface area contributed by atoms with Crippen molar-refractivity contribution in [3.63, 3.8) is 0 Å². The molecule has 1 unspecified atom stereocenters. The highest BCUT2D eigenvalue weighted by molar-refractivity contribution is 5.95. The minimum Gasteiger partial charge on any atom is -0.494 e. The maximum atomic E-state index is 14.3. The number of amides is 1. The van der Waals surface area contributed by atoms with Crippen molar-refractivity contribution < 1.29 is 23.4 Å². The minimum atomic E-state index is -0.979. The van der Waals surface area contributed by atoms with Gasteiger partial charge in [-0.2, -0.15) is 0 Å². The predicted octanol–water partition coefficient (Wildman–Crippen LogP) is 2.99. The van der Waals surface area contributed by atoms with Crippen molar-refractivity contribution in [1.29, 1.82) is 0 Å². The van der Waals surface area contributed by atoms with Gasteiger partial charge in [-0.1, -0.05) is 13.3 Å². The Kier molecular flexibility index (Phi) is 5.57. The van der Waals surface area contributed by atoms with E-state index in [2.05, 4.69) is 0 Å². The van der Waals surface area contributed by atoms with E-state index in [4.69, 9.17) is 4.74 Å². The molecule has 2 rings (SSSR count). The Hall–Kier alpha value is -1.69. The standard InChI is InChI=1S/C17H23F2NO3/c1-3-7-17(11-21)8-4-9-20(10-17)16(22)14-12(18)5-6-13(23-2)15(14)19/h5-6,21H,3-4,7-11H2,1-2H3. The molecule has 0 radical (unpaired) electrons. The Bertz CT molecular complexity index is 575. The molecule has 128 valence electrons. The fourth-order valence-electron chi connectivity index (χ4n) is 3.37. The first kappa shape index (κ1) is 17.7. The van der Waals surface area contributed by atoms with Gasteiger partial charge in [0.2, 0.25) is 0 Å². The molecular weight excluding hydrogens is 304 g/mol. The second-order valence-corrected chi connectivity index (χ2v) is 6.18. The van der Waals surface area contributed by atoms with E-state index in [-0.39, 0.29) is 17.8 Å². The van der Waals surface area contributed by atoms with Crippen LogP contribution in [0.3, 0.4) is 0 Å². The number of hydrogen-bond acceptors (Lipinski definition) is 3. The molecule has 1 aliphatic rings. The zero-order valence-electron chi connectivity index (χ0n) is 13.6. The molecule has 0 saturated carbocycles. The summed E-state index contributed by atoms with van der Waals surface area (Å²) in [6.07, 6.45) is 3.17. The van der Waals surface area contributed by atoms with Crippen LogP contribution in [-0.4, -0.2) is 42.7 Å². The highest BCUT2D eigenvalue weighted by Crippen LogP contribution is 2.35. The molecule has 1 fully saturated rings. The lowest BCUT2D eigenvalue weighted by molar-refractivity contribution is 0.0216. The van der Waals surface area contributed by atoms with E-state index in [1.807, 2.05) is 6.92 Å². The average Bonchev–Trinajstić information content (AvgIpc) is 2.55. The molecule has 1 saturated heterocycles. The zero-order valence-corrected chi connectivity index (χ0v) is 13.6. The second-order valence-electron chi connectivity index (χ2n) is 6.18.